The van der Waals surface area contributed by atoms with Gasteiger partial charge in [0.1, 0.15) is 6.54 Å². The van der Waals surface area contributed by atoms with Crippen molar-refractivity contribution in [3.63, 3.8) is 0 Å². The van der Waals surface area contributed by atoms with Crippen molar-refractivity contribution >= 4 is 5.91 Å². The molecule has 0 aromatic carbocycles. The summed E-state index contributed by atoms with van der Waals surface area (Å²) in [6, 6.07) is -0.0644. The molecule has 6 heteroatoms. The quantitative estimate of drug-likeness (QED) is 0.773. The highest BCUT2D eigenvalue weighted by Crippen LogP contribution is 2.28. The van der Waals surface area contributed by atoms with Crippen LogP contribution in [0.3, 0.4) is 0 Å². The summed E-state index contributed by atoms with van der Waals surface area (Å²) in [5, 5.41) is 0. The van der Waals surface area contributed by atoms with E-state index in [2.05, 4.69) is 6.58 Å². The Morgan fingerprint density at radius 2 is 2.11 bits per heavy atom. The van der Waals surface area contributed by atoms with Crippen molar-refractivity contribution in [1.82, 2.24) is 4.90 Å². The van der Waals surface area contributed by atoms with Crippen LogP contribution in [0.25, 0.3) is 0 Å². The second-order valence-electron chi connectivity index (χ2n) is 4.74. The number of alkyl halides is 3. The summed E-state index contributed by atoms with van der Waals surface area (Å²) in [6.07, 6.45) is -0.362. The number of rotatable bonds is 5. The Kier molecular flexibility index (Phi) is 5.19. The number of nitrogens with two attached hydrogens (primary N) is 1. The Morgan fingerprint density at radius 1 is 1.44 bits per heavy atom. The molecule has 1 rings (SSSR count). The predicted molar refractivity (Wildman–Crippen MR) is 62.8 cm³/mol. The highest BCUT2D eigenvalue weighted by atomic mass is 19.4. The largest absolute Gasteiger partial charge is 0.406 e. The van der Waals surface area contributed by atoms with Crippen LogP contribution in [0, 0.1) is 5.92 Å². The van der Waals surface area contributed by atoms with Gasteiger partial charge in [0.25, 0.3) is 0 Å². The molecular formula is C12H19F3N2O. The second-order valence-corrected chi connectivity index (χ2v) is 4.74. The topological polar surface area (TPSA) is 46.3 Å². The van der Waals surface area contributed by atoms with E-state index in [1.165, 1.54) is 6.08 Å². The zero-order chi connectivity index (χ0) is 13.8. The van der Waals surface area contributed by atoms with E-state index in [9.17, 15) is 18.0 Å². The van der Waals surface area contributed by atoms with Crippen molar-refractivity contribution in [1.29, 1.82) is 0 Å². The third-order valence-corrected chi connectivity index (χ3v) is 3.23. The lowest BCUT2D eigenvalue weighted by molar-refractivity contribution is -0.160. The van der Waals surface area contributed by atoms with E-state index >= 15 is 0 Å². The van der Waals surface area contributed by atoms with Crippen molar-refractivity contribution < 1.29 is 18.0 Å². The van der Waals surface area contributed by atoms with Crippen LogP contribution in [0.5, 0.6) is 0 Å². The number of carbonyl (C=O) groups is 1. The zero-order valence-electron chi connectivity index (χ0n) is 10.2. The summed E-state index contributed by atoms with van der Waals surface area (Å²) in [6.45, 7) is 2.07. The number of halogens is 3. The van der Waals surface area contributed by atoms with Gasteiger partial charge in [-0.3, -0.25) is 4.79 Å². The minimum absolute atomic E-state index is 0.0121. The van der Waals surface area contributed by atoms with E-state index in [4.69, 9.17) is 5.73 Å². The summed E-state index contributed by atoms with van der Waals surface area (Å²) in [7, 11) is 0. The van der Waals surface area contributed by atoms with Gasteiger partial charge < -0.3 is 10.6 Å². The average molecular weight is 264 g/mol. The molecular weight excluding hydrogens is 245 g/mol. The summed E-state index contributed by atoms with van der Waals surface area (Å²) in [4.78, 5) is 12.6. The summed E-state index contributed by atoms with van der Waals surface area (Å²) >= 11 is 0. The predicted octanol–water partition coefficient (Wildman–Crippen LogP) is 2.08. The van der Waals surface area contributed by atoms with Gasteiger partial charge in [-0.2, -0.15) is 13.2 Å². The van der Waals surface area contributed by atoms with E-state index in [0.717, 1.165) is 24.2 Å². The van der Waals surface area contributed by atoms with Gasteiger partial charge in [0.2, 0.25) is 5.91 Å². The van der Waals surface area contributed by atoms with Gasteiger partial charge >= 0.3 is 6.18 Å². The lowest BCUT2D eigenvalue weighted by atomic mass is 9.99. The Labute approximate surface area is 105 Å². The molecule has 3 nitrogen and oxygen atoms in total. The van der Waals surface area contributed by atoms with Gasteiger partial charge in [0, 0.05) is 19.0 Å². The number of carbonyl (C=O) groups excluding carboxylic acids is 1. The van der Waals surface area contributed by atoms with Gasteiger partial charge in [-0.25, -0.2) is 0 Å². The smallest absolute Gasteiger partial charge is 0.330 e. The highest BCUT2D eigenvalue weighted by Gasteiger charge is 2.34. The van der Waals surface area contributed by atoms with Crippen LogP contribution >= 0.6 is 0 Å². The number of hydrogen-bond acceptors (Lipinski definition) is 2. The van der Waals surface area contributed by atoms with Crippen molar-refractivity contribution in [2.75, 3.05) is 13.1 Å². The molecule has 0 unspecified atom stereocenters. The lowest BCUT2D eigenvalue weighted by Crippen LogP contribution is -2.41. The first-order valence-electron chi connectivity index (χ1n) is 6.04. The van der Waals surface area contributed by atoms with Crippen LogP contribution in [-0.4, -0.2) is 36.1 Å². The van der Waals surface area contributed by atoms with Crippen LogP contribution in [-0.2, 0) is 4.79 Å². The molecule has 2 N–H and O–H groups in total. The van der Waals surface area contributed by atoms with Crippen molar-refractivity contribution in [3.05, 3.63) is 12.7 Å². The lowest BCUT2D eigenvalue weighted by Gasteiger charge is -2.25. The fourth-order valence-corrected chi connectivity index (χ4v) is 2.30. The van der Waals surface area contributed by atoms with Crippen LogP contribution in [0.2, 0.25) is 0 Å². The number of hydrogen-bond donors (Lipinski definition) is 1. The van der Waals surface area contributed by atoms with Gasteiger partial charge in [-0.05, 0) is 18.8 Å². The summed E-state index contributed by atoms with van der Waals surface area (Å²) < 4.78 is 37.0. The minimum Gasteiger partial charge on any atom is -0.330 e. The standard InChI is InChI=1S/C12H19F3N2O/c1-2-6-17(8-12(13,14)15)11(18)7-9-4-3-5-10(9)16/h2,9-10H,1,3-8,16H2/t9-,10+/m0/s1. The molecule has 0 saturated heterocycles. The van der Waals surface area contributed by atoms with Gasteiger partial charge in [-0.15, -0.1) is 6.58 Å². The van der Waals surface area contributed by atoms with Crippen LogP contribution < -0.4 is 5.73 Å². The SMILES string of the molecule is C=CCN(CC(F)(F)F)C(=O)C[C@@H]1CCC[C@H]1N. The molecule has 1 aliphatic rings. The monoisotopic (exact) mass is 264 g/mol. The Hall–Kier alpha value is -1.04. The van der Waals surface area contributed by atoms with Crippen molar-refractivity contribution in [3.8, 4) is 0 Å². The maximum absolute atomic E-state index is 12.3. The number of nitrogens with zero attached hydrogens (tertiary/aromatic N) is 1. The van der Waals surface area contributed by atoms with Crippen molar-refractivity contribution in [2.24, 2.45) is 11.7 Å². The van der Waals surface area contributed by atoms with Gasteiger partial charge in [-0.1, -0.05) is 12.5 Å². The van der Waals surface area contributed by atoms with E-state index in [-0.39, 0.29) is 24.9 Å². The van der Waals surface area contributed by atoms with Crippen LogP contribution in [0.1, 0.15) is 25.7 Å². The molecule has 104 valence electrons. The van der Waals surface area contributed by atoms with Gasteiger partial charge in [0.15, 0.2) is 0 Å². The fourth-order valence-electron chi connectivity index (χ4n) is 2.30. The first-order valence-corrected chi connectivity index (χ1v) is 6.04. The Balaban J connectivity index is 2.56. The molecule has 1 fully saturated rings. The fraction of sp³-hybridized carbons (Fsp3) is 0.750. The third kappa shape index (κ3) is 4.68. The van der Waals surface area contributed by atoms with Gasteiger partial charge in [0.05, 0.1) is 0 Å². The van der Waals surface area contributed by atoms with E-state index in [1.807, 2.05) is 0 Å². The molecule has 1 aliphatic carbocycles. The molecule has 0 spiro atoms. The third-order valence-electron chi connectivity index (χ3n) is 3.23. The second kappa shape index (κ2) is 6.22. The molecule has 0 bridgehead atoms. The van der Waals surface area contributed by atoms with E-state index in [1.54, 1.807) is 0 Å². The highest BCUT2D eigenvalue weighted by molar-refractivity contribution is 5.76. The first kappa shape index (κ1) is 15.0. The molecule has 1 amide bonds. The molecule has 1 saturated carbocycles. The molecule has 0 aliphatic heterocycles. The maximum atomic E-state index is 12.3. The molecule has 2 atom stereocenters. The van der Waals surface area contributed by atoms with Crippen LogP contribution in [0.15, 0.2) is 12.7 Å². The molecule has 0 heterocycles. The Morgan fingerprint density at radius 3 is 2.56 bits per heavy atom. The molecule has 0 radical (unpaired) electrons. The maximum Gasteiger partial charge on any atom is 0.406 e. The summed E-state index contributed by atoms with van der Waals surface area (Å²) in [5.41, 5.74) is 5.82. The first-order chi connectivity index (χ1) is 8.33. The normalized spacial score (nSPS) is 24.0. The van der Waals surface area contributed by atoms with Crippen molar-refractivity contribution in [2.45, 2.75) is 37.9 Å². The van der Waals surface area contributed by atoms with E-state index < -0.39 is 18.6 Å². The number of amides is 1. The van der Waals surface area contributed by atoms with E-state index in [0.29, 0.717) is 0 Å². The zero-order valence-corrected chi connectivity index (χ0v) is 10.2. The van der Waals surface area contributed by atoms with Crippen LogP contribution in [0.4, 0.5) is 13.2 Å². The molecule has 0 aromatic rings. The molecule has 0 aromatic heterocycles. The summed E-state index contributed by atoms with van der Waals surface area (Å²) in [5.74, 6) is -0.479. The molecule has 18 heavy (non-hydrogen) atoms. The Bertz CT molecular complexity index is 304. The average Bonchev–Trinajstić information content (AvgIpc) is 2.62. The minimum atomic E-state index is -4.38.